The number of carbonyl (C=O) groups is 2. The molecule has 3 atom stereocenters. The molecule has 0 aliphatic heterocycles. The van der Waals surface area contributed by atoms with Crippen molar-refractivity contribution in [3.05, 3.63) is 72.9 Å². The molecule has 0 heterocycles. The molecule has 0 bridgehead atoms. The molecule has 0 rings (SSSR count). The molecule has 3 unspecified atom stereocenters. The number of hydrogen-bond acceptors (Lipinski definition) is 6. The van der Waals surface area contributed by atoms with Crippen molar-refractivity contribution in [3.8, 4) is 0 Å². The number of amides is 1. The first-order chi connectivity index (χ1) is 34.9. The van der Waals surface area contributed by atoms with E-state index in [1.807, 2.05) is 33.3 Å². The Morgan fingerprint density at radius 2 is 0.861 bits per heavy atom. The summed E-state index contributed by atoms with van der Waals surface area (Å²) in [5.74, 6) is -0.530. The molecule has 418 valence electrons. The second-order valence-electron chi connectivity index (χ2n) is 21.2. The maximum atomic E-state index is 13.5. The van der Waals surface area contributed by atoms with Crippen LogP contribution in [0.3, 0.4) is 0 Å². The Labute approximate surface area is 444 Å². The molecular weight excluding hydrogens is 916 g/mol. The van der Waals surface area contributed by atoms with Gasteiger partial charge in [0.2, 0.25) is 5.91 Å². The van der Waals surface area contributed by atoms with Crippen molar-refractivity contribution in [2.45, 2.75) is 270 Å². The number of rotatable bonds is 53. The Morgan fingerprint density at radius 1 is 0.486 bits per heavy atom. The van der Waals surface area contributed by atoms with Crippen LogP contribution in [0.5, 0.6) is 0 Å². The minimum absolute atomic E-state index is 0.0345. The van der Waals surface area contributed by atoms with Gasteiger partial charge in [-0.2, -0.15) is 0 Å². The molecule has 0 radical (unpaired) electrons. The number of nitrogens with zero attached hydrogens (tertiary/aromatic N) is 1. The fraction of sp³-hybridized carbons (Fsp3) is 0.774. The largest absolute Gasteiger partial charge is 0.472 e. The summed E-state index contributed by atoms with van der Waals surface area (Å²) in [6.07, 6.45) is 66.1. The zero-order valence-corrected chi connectivity index (χ0v) is 48.6. The van der Waals surface area contributed by atoms with Gasteiger partial charge >= 0.3 is 13.8 Å². The normalized spacial score (nSPS) is 14.3. The quantitative estimate of drug-likeness (QED) is 0.0205. The molecule has 0 aromatic carbocycles. The van der Waals surface area contributed by atoms with Crippen molar-refractivity contribution in [1.29, 1.82) is 0 Å². The number of nitrogens with one attached hydrogen (secondary N) is 1. The number of carbonyl (C=O) groups excluding carboxylic acids is 2. The van der Waals surface area contributed by atoms with Gasteiger partial charge in [0, 0.05) is 12.8 Å². The second kappa shape index (κ2) is 51.9. The summed E-state index contributed by atoms with van der Waals surface area (Å²) in [7, 11) is 1.48. The smallest absolute Gasteiger partial charge is 0.456 e. The summed E-state index contributed by atoms with van der Waals surface area (Å²) < 4.78 is 30.6. The monoisotopic (exact) mass is 1030 g/mol. The number of unbranched alkanes of at least 4 members (excludes halogenated alkanes) is 27. The number of hydrogen-bond donors (Lipinski definition) is 2. The number of quaternary nitrogens is 1. The lowest BCUT2D eigenvalue weighted by molar-refractivity contribution is -0.870. The van der Waals surface area contributed by atoms with E-state index >= 15 is 0 Å². The summed E-state index contributed by atoms with van der Waals surface area (Å²) in [5.41, 5.74) is 0. The lowest BCUT2D eigenvalue weighted by atomic mass is 10.0. The Kier molecular flexibility index (Phi) is 50.1. The van der Waals surface area contributed by atoms with Crippen molar-refractivity contribution in [3.63, 3.8) is 0 Å². The van der Waals surface area contributed by atoms with Crippen LogP contribution in [0.1, 0.15) is 258 Å². The standard InChI is InChI=1S/C62H113N2O7P/c1-7-10-13-16-19-22-25-27-28-29-30-31-32-33-34-35-36-37-40-43-46-49-52-55-62(66)71-60(53-50-47-44-41-39-26-23-20-17-14-11-8-2)59(58-70-72(67,68)69-57-56-64(4,5)6)63-61(65)54-51-48-45-42-38-24-21-18-15-12-9-3/h18-19,21-22,27-28,30-31,33-34,50,53,59-60H,7-17,20,23-26,29,32,35-49,51-52,54-58H2,1-6H3,(H-,63,65,67,68)/p+1/b21-18-,22-19-,28-27-,31-30-,34-33-,53-50-. The van der Waals surface area contributed by atoms with Crippen molar-refractivity contribution < 1.29 is 37.3 Å². The van der Waals surface area contributed by atoms with Crippen LogP contribution in [0.15, 0.2) is 72.9 Å². The third kappa shape index (κ3) is 52.3. The maximum Gasteiger partial charge on any atom is 0.472 e. The molecule has 0 spiro atoms. The van der Waals surface area contributed by atoms with Crippen LogP contribution < -0.4 is 5.32 Å². The summed E-state index contributed by atoms with van der Waals surface area (Å²) in [4.78, 5) is 37.6. The van der Waals surface area contributed by atoms with Crippen molar-refractivity contribution in [2.75, 3.05) is 40.9 Å². The molecule has 0 saturated heterocycles. The van der Waals surface area contributed by atoms with Crippen LogP contribution in [-0.2, 0) is 27.9 Å². The number of phosphoric ester groups is 1. The first-order valence-electron chi connectivity index (χ1n) is 29.8. The van der Waals surface area contributed by atoms with E-state index in [9.17, 15) is 19.0 Å². The molecule has 72 heavy (non-hydrogen) atoms. The lowest BCUT2D eigenvalue weighted by Gasteiger charge is -2.27. The minimum atomic E-state index is -4.45. The third-order valence-corrected chi connectivity index (χ3v) is 13.9. The van der Waals surface area contributed by atoms with Crippen molar-refractivity contribution >= 4 is 19.7 Å². The zero-order chi connectivity index (χ0) is 52.9. The fourth-order valence-corrected chi connectivity index (χ4v) is 8.93. The van der Waals surface area contributed by atoms with E-state index < -0.39 is 20.0 Å². The van der Waals surface area contributed by atoms with Crippen LogP contribution in [0.4, 0.5) is 0 Å². The molecule has 0 aromatic rings. The van der Waals surface area contributed by atoms with Gasteiger partial charge in [0.1, 0.15) is 19.3 Å². The predicted molar refractivity (Wildman–Crippen MR) is 309 cm³/mol. The summed E-state index contributed by atoms with van der Waals surface area (Å²) in [5, 5.41) is 3.04. The summed E-state index contributed by atoms with van der Waals surface area (Å²) in [6.45, 7) is 6.92. The van der Waals surface area contributed by atoms with Gasteiger partial charge in [0.25, 0.3) is 0 Å². The van der Waals surface area contributed by atoms with Gasteiger partial charge in [-0.3, -0.25) is 18.6 Å². The summed E-state index contributed by atoms with van der Waals surface area (Å²) in [6, 6.07) is -0.858. The lowest BCUT2D eigenvalue weighted by Crippen LogP contribution is -2.47. The average molecular weight is 1030 g/mol. The Morgan fingerprint density at radius 3 is 1.35 bits per heavy atom. The number of allylic oxidation sites excluding steroid dienone is 11. The Bertz CT molecular complexity index is 1460. The van der Waals surface area contributed by atoms with E-state index in [0.717, 1.165) is 116 Å². The number of likely N-dealkylation sites (N-methyl/N-ethyl adjacent to an activating group) is 1. The molecule has 0 aliphatic rings. The average Bonchev–Trinajstić information content (AvgIpc) is 3.34. The van der Waals surface area contributed by atoms with Gasteiger partial charge in [-0.25, -0.2) is 4.57 Å². The molecule has 10 heteroatoms. The van der Waals surface area contributed by atoms with E-state index in [0.29, 0.717) is 17.4 Å². The van der Waals surface area contributed by atoms with Crippen molar-refractivity contribution in [2.24, 2.45) is 0 Å². The summed E-state index contributed by atoms with van der Waals surface area (Å²) >= 11 is 0. The highest BCUT2D eigenvalue weighted by molar-refractivity contribution is 7.47. The molecule has 9 nitrogen and oxygen atoms in total. The van der Waals surface area contributed by atoms with Gasteiger partial charge in [-0.15, -0.1) is 0 Å². The third-order valence-electron chi connectivity index (χ3n) is 12.9. The van der Waals surface area contributed by atoms with Gasteiger partial charge in [-0.05, 0) is 96.0 Å². The maximum absolute atomic E-state index is 13.5. The van der Waals surface area contributed by atoms with Crippen LogP contribution in [0.25, 0.3) is 0 Å². The first-order valence-corrected chi connectivity index (χ1v) is 31.3. The predicted octanol–water partition coefficient (Wildman–Crippen LogP) is 18.1. The van der Waals surface area contributed by atoms with E-state index in [-0.39, 0.29) is 31.5 Å². The van der Waals surface area contributed by atoms with Gasteiger partial charge in [0.15, 0.2) is 0 Å². The molecule has 0 saturated carbocycles. The van der Waals surface area contributed by atoms with Gasteiger partial charge < -0.3 is 19.4 Å². The zero-order valence-electron chi connectivity index (χ0n) is 47.7. The molecule has 2 N–H and O–H groups in total. The van der Waals surface area contributed by atoms with Gasteiger partial charge in [-0.1, -0.05) is 222 Å². The van der Waals surface area contributed by atoms with Crippen LogP contribution in [-0.4, -0.2) is 74.3 Å². The number of esters is 1. The highest BCUT2D eigenvalue weighted by atomic mass is 31.2. The van der Waals surface area contributed by atoms with E-state index in [2.05, 4.69) is 86.8 Å². The molecule has 0 aromatic heterocycles. The SMILES string of the molecule is CCCC/C=C\CCCCCCCC(=O)NC(COP(=O)(O)OCC[N+](C)(C)C)C(/C=C\CCCCCCCCCCCC)OC(=O)CCCCCCCCC/C=C\C/C=C\C/C=C\C/C=C\CCCCC. The van der Waals surface area contributed by atoms with Crippen molar-refractivity contribution in [1.82, 2.24) is 5.32 Å². The molecular formula is C62H114N2O7P+. The molecule has 1 amide bonds. The Balaban J connectivity index is 5.22. The van der Waals surface area contributed by atoms with E-state index in [1.165, 1.54) is 109 Å². The van der Waals surface area contributed by atoms with E-state index in [1.54, 1.807) is 0 Å². The van der Waals surface area contributed by atoms with Crippen LogP contribution in [0, 0.1) is 0 Å². The number of phosphoric acid groups is 1. The highest BCUT2D eigenvalue weighted by Gasteiger charge is 2.30. The van der Waals surface area contributed by atoms with Gasteiger partial charge in [0.05, 0.1) is 33.8 Å². The minimum Gasteiger partial charge on any atom is -0.456 e. The molecule has 0 aliphatic carbocycles. The van der Waals surface area contributed by atoms with E-state index in [4.69, 9.17) is 13.8 Å². The molecule has 0 fully saturated rings. The number of ether oxygens (including phenoxy) is 1. The second-order valence-corrected chi connectivity index (χ2v) is 22.6. The topological polar surface area (TPSA) is 111 Å². The Hall–Kier alpha value is -2.55. The first kappa shape index (κ1) is 69.5. The highest BCUT2D eigenvalue weighted by Crippen LogP contribution is 2.43. The fourth-order valence-electron chi connectivity index (χ4n) is 8.20. The van der Waals surface area contributed by atoms with Crippen LogP contribution >= 0.6 is 7.82 Å². The van der Waals surface area contributed by atoms with Crippen LogP contribution in [0.2, 0.25) is 0 Å².